The molecule has 0 spiro atoms. The number of hydrogen-bond donors (Lipinski definition) is 1. The van der Waals surface area contributed by atoms with E-state index < -0.39 is 11.7 Å². The molecule has 2 heterocycles. The van der Waals surface area contributed by atoms with E-state index >= 15 is 0 Å². The summed E-state index contributed by atoms with van der Waals surface area (Å²) in [6, 6.07) is 7.72. The van der Waals surface area contributed by atoms with Crippen molar-refractivity contribution in [1.82, 2.24) is 19.7 Å². The Morgan fingerprint density at radius 3 is 2.79 bits per heavy atom. The van der Waals surface area contributed by atoms with Gasteiger partial charge in [-0.25, -0.2) is 19.0 Å². The molecule has 0 saturated heterocycles. The minimum absolute atomic E-state index is 0.159. The lowest BCUT2D eigenvalue weighted by atomic mass is 10.3. The largest absolute Gasteiger partial charge is 0.361 e. The Morgan fingerprint density at radius 1 is 1.25 bits per heavy atom. The summed E-state index contributed by atoms with van der Waals surface area (Å²) >= 11 is 0. The maximum absolute atomic E-state index is 13.8. The molecule has 8 heteroatoms. The molecule has 0 aliphatic heterocycles. The lowest BCUT2D eigenvalue weighted by Crippen LogP contribution is -2.18. The van der Waals surface area contributed by atoms with Crippen LogP contribution in [-0.2, 0) is 0 Å². The van der Waals surface area contributed by atoms with Crippen LogP contribution in [0, 0.1) is 5.82 Å². The Kier molecular flexibility index (Phi) is 4.19. The fourth-order valence-corrected chi connectivity index (χ4v) is 2.17. The van der Waals surface area contributed by atoms with Crippen molar-refractivity contribution >= 4 is 17.4 Å². The second-order valence-electron chi connectivity index (χ2n) is 5.21. The Hall–Kier alpha value is -3.29. The van der Waals surface area contributed by atoms with Crippen LogP contribution >= 0.6 is 0 Å². The van der Waals surface area contributed by atoms with Crippen LogP contribution in [0.2, 0.25) is 0 Å². The highest BCUT2D eigenvalue weighted by atomic mass is 19.1. The van der Waals surface area contributed by atoms with Crippen molar-refractivity contribution in [2.75, 3.05) is 24.3 Å². The Morgan fingerprint density at radius 2 is 2.04 bits per heavy atom. The van der Waals surface area contributed by atoms with Crippen molar-refractivity contribution in [1.29, 1.82) is 0 Å². The molecule has 0 aliphatic rings. The predicted molar refractivity (Wildman–Crippen MR) is 87.8 cm³/mol. The summed E-state index contributed by atoms with van der Waals surface area (Å²) in [6.45, 7) is 0. The summed E-state index contributed by atoms with van der Waals surface area (Å²) in [4.78, 5) is 22.1. The maximum atomic E-state index is 13.8. The molecule has 2 aromatic heterocycles. The SMILES string of the molecule is CN(C)c1ncncc1NC(=O)c1ccn(-c2ccccc2F)n1. The molecular weight excluding hydrogens is 311 g/mol. The zero-order chi connectivity index (χ0) is 17.1. The fourth-order valence-electron chi connectivity index (χ4n) is 2.17. The molecule has 0 aliphatic carbocycles. The number of amides is 1. The first-order valence-electron chi connectivity index (χ1n) is 7.15. The normalized spacial score (nSPS) is 10.5. The smallest absolute Gasteiger partial charge is 0.276 e. The summed E-state index contributed by atoms with van der Waals surface area (Å²) in [6.07, 6.45) is 4.44. The molecule has 0 bridgehead atoms. The van der Waals surface area contributed by atoms with Gasteiger partial charge in [0.05, 0.1) is 6.20 Å². The van der Waals surface area contributed by atoms with Crippen molar-refractivity contribution in [3.8, 4) is 5.69 Å². The third-order valence-corrected chi connectivity index (χ3v) is 3.28. The van der Waals surface area contributed by atoms with Gasteiger partial charge >= 0.3 is 0 Å². The van der Waals surface area contributed by atoms with E-state index in [9.17, 15) is 9.18 Å². The molecule has 1 N–H and O–H groups in total. The molecule has 0 atom stereocenters. The van der Waals surface area contributed by atoms with Gasteiger partial charge in [0.2, 0.25) is 0 Å². The number of carbonyl (C=O) groups is 1. The first kappa shape index (κ1) is 15.6. The molecule has 0 saturated carbocycles. The van der Waals surface area contributed by atoms with Crippen molar-refractivity contribution in [2.45, 2.75) is 0 Å². The number of nitrogens with zero attached hydrogens (tertiary/aromatic N) is 5. The topological polar surface area (TPSA) is 75.9 Å². The van der Waals surface area contributed by atoms with Gasteiger partial charge in [0.1, 0.15) is 23.5 Å². The van der Waals surface area contributed by atoms with Crippen LogP contribution in [0.1, 0.15) is 10.5 Å². The molecule has 3 aromatic rings. The van der Waals surface area contributed by atoms with Crippen LogP contribution in [0.5, 0.6) is 0 Å². The standard InChI is InChI=1S/C16H15FN6O/c1-22(2)15-13(9-18-10-19-15)20-16(24)12-7-8-23(21-12)14-6-4-3-5-11(14)17/h3-10H,1-2H3,(H,20,24). The van der Waals surface area contributed by atoms with E-state index in [0.29, 0.717) is 11.5 Å². The van der Waals surface area contributed by atoms with Crippen molar-refractivity contribution < 1.29 is 9.18 Å². The van der Waals surface area contributed by atoms with Gasteiger partial charge in [0.25, 0.3) is 5.91 Å². The molecule has 3 rings (SSSR count). The number of halogens is 1. The van der Waals surface area contributed by atoms with Crippen LogP contribution in [0.3, 0.4) is 0 Å². The van der Waals surface area contributed by atoms with Crippen LogP contribution in [0.15, 0.2) is 49.1 Å². The van der Waals surface area contributed by atoms with Gasteiger partial charge in [0.15, 0.2) is 11.5 Å². The number of carbonyl (C=O) groups excluding carboxylic acids is 1. The lowest BCUT2D eigenvalue weighted by molar-refractivity contribution is 0.102. The molecule has 0 unspecified atom stereocenters. The summed E-state index contributed by atoms with van der Waals surface area (Å²) in [5, 5.41) is 6.83. The first-order chi connectivity index (χ1) is 11.6. The van der Waals surface area contributed by atoms with Gasteiger partial charge in [-0.2, -0.15) is 5.10 Å². The molecule has 122 valence electrons. The summed E-state index contributed by atoms with van der Waals surface area (Å²) < 4.78 is 15.1. The molecule has 24 heavy (non-hydrogen) atoms. The van der Waals surface area contributed by atoms with Gasteiger partial charge in [-0.3, -0.25) is 4.79 Å². The molecule has 0 fully saturated rings. The van der Waals surface area contributed by atoms with Crippen LogP contribution in [-0.4, -0.2) is 39.8 Å². The fraction of sp³-hybridized carbons (Fsp3) is 0.125. The van der Waals surface area contributed by atoms with Crippen LogP contribution in [0.25, 0.3) is 5.69 Å². The van der Waals surface area contributed by atoms with E-state index in [0.717, 1.165) is 0 Å². The van der Waals surface area contributed by atoms with Gasteiger partial charge in [-0.15, -0.1) is 0 Å². The Labute approximate surface area is 137 Å². The maximum Gasteiger partial charge on any atom is 0.276 e. The predicted octanol–water partition coefficient (Wildman–Crippen LogP) is 2.12. The Bertz CT molecular complexity index is 876. The highest BCUT2D eigenvalue weighted by molar-refractivity contribution is 6.04. The zero-order valence-electron chi connectivity index (χ0n) is 13.1. The zero-order valence-corrected chi connectivity index (χ0v) is 13.1. The monoisotopic (exact) mass is 326 g/mol. The van der Waals surface area contributed by atoms with Crippen LogP contribution < -0.4 is 10.2 Å². The van der Waals surface area contributed by atoms with Gasteiger partial charge in [0, 0.05) is 20.3 Å². The number of rotatable bonds is 4. The highest BCUT2D eigenvalue weighted by Gasteiger charge is 2.15. The average molecular weight is 326 g/mol. The number of hydrogen-bond acceptors (Lipinski definition) is 5. The number of benzene rings is 1. The minimum atomic E-state index is -0.428. The summed E-state index contributed by atoms with van der Waals surface area (Å²) in [7, 11) is 3.62. The van der Waals surface area contributed by atoms with Gasteiger partial charge in [-0.1, -0.05) is 12.1 Å². The molecular formula is C16H15FN6O. The summed E-state index contributed by atoms with van der Waals surface area (Å²) in [5.41, 5.74) is 0.897. The second-order valence-corrected chi connectivity index (χ2v) is 5.21. The van der Waals surface area contributed by atoms with E-state index in [-0.39, 0.29) is 11.4 Å². The number of aromatic nitrogens is 4. The average Bonchev–Trinajstić information content (AvgIpc) is 3.05. The third-order valence-electron chi connectivity index (χ3n) is 3.28. The molecule has 7 nitrogen and oxygen atoms in total. The third kappa shape index (κ3) is 3.07. The van der Waals surface area contributed by atoms with Gasteiger partial charge < -0.3 is 10.2 Å². The van der Waals surface area contributed by atoms with Crippen LogP contribution in [0.4, 0.5) is 15.9 Å². The van der Waals surface area contributed by atoms with Crippen molar-refractivity contribution in [3.05, 3.63) is 60.6 Å². The van der Waals surface area contributed by atoms with E-state index in [1.54, 1.807) is 23.1 Å². The highest BCUT2D eigenvalue weighted by Crippen LogP contribution is 2.20. The first-order valence-corrected chi connectivity index (χ1v) is 7.15. The van der Waals surface area contributed by atoms with E-state index in [4.69, 9.17) is 0 Å². The molecule has 1 aromatic carbocycles. The second kappa shape index (κ2) is 6.45. The summed E-state index contributed by atoms with van der Waals surface area (Å²) in [5.74, 6) is -0.270. The van der Waals surface area contributed by atoms with E-state index in [1.807, 2.05) is 14.1 Å². The van der Waals surface area contributed by atoms with Gasteiger partial charge in [-0.05, 0) is 18.2 Å². The number of nitrogens with one attached hydrogen (secondary N) is 1. The van der Waals surface area contributed by atoms with E-state index in [2.05, 4.69) is 20.4 Å². The quantitative estimate of drug-likeness (QED) is 0.795. The lowest BCUT2D eigenvalue weighted by Gasteiger charge is -2.15. The van der Waals surface area contributed by atoms with E-state index in [1.165, 1.54) is 35.5 Å². The molecule has 0 radical (unpaired) electrons. The van der Waals surface area contributed by atoms with Crippen molar-refractivity contribution in [3.63, 3.8) is 0 Å². The Balaban J connectivity index is 1.84. The van der Waals surface area contributed by atoms with Crippen molar-refractivity contribution in [2.24, 2.45) is 0 Å². The minimum Gasteiger partial charge on any atom is -0.361 e. The number of para-hydroxylation sites is 1. The molecule has 1 amide bonds. The number of anilines is 2.